The summed E-state index contributed by atoms with van der Waals surface area (Å²) in [7, 11) is 0. The minimum Gasteiger partial charge on any atom is -0.451 e. The zero-order valence-electron chi connectivity index (χ0n) is 11.7. The number of amides is 2. The predicted molar refractivity (Wildman–Crippen MR) is 104 cm³/mol. The minimum absolute atomic E-state index is 0.0328. The Bertz CT molecular complexity index is 910. The SMILES string of the molecule is O=C1NC(=S)N(c2ccc(Cl)c(Cl)c2)C(=O)/C1=C/c1ccc(I)o1. The summed E-state index contributed by atoms with van der Waals surface area (Å²) in [6.07, 6.45) is 1.37. The van der Waals surface area contributed by atoms with E-state index in [1.807, 2.05) is 22.6 Å². The summed E-state index contributed by atoms with van der Waals surface area (Å²) in [5, 5.41) is 3.07. The summed E-state index contributed by atoms with van der Waals surface area (Å²) in [5.41, 5.74) is 0.305. The monoisotopic (exact) mass is 492 g/mol. The van der Waals surface area contributed by atoms with Crippen molar-refractivity contribution in [2.75, 3.05) is 4.90 Å². The fourth-order valence-electron chi connectivity index (χ4n) is 2.06. The first kappa shape index (κ1) is 17.4. The number of hydrogen-bond donors (Lipinski definition) is 1. The van der Waals surface area contributed by atoms with E-state index in [4.69, 9.17) is 39.8 Å². The molecule has 1 N–H and O–H groups in total. The summed E-state index contributed by atoms with van der Waals surface area (Å²) in [6, 6.07) is 8.01. The predicted octanol–water partition coefficient (Wildman–Crippen LogP) is 4.02. The standard InChI is InChI=1S/C15H7Cl2IN2O3S/c16-10-3-1-7(5-11(10)17)20-14(22)9(13(21)19-15(20)24)6-8-2-4-12(18)23-8/h1-6H,(H,19,21,24)/b9-6+. The molecule has 3 rings (SSSR count). The molecule has 1 aliphatic rings. The molecule has 0 spiro atoms. The maximum Gasteiger partial charge on any atom is 0.270 e. The maximum absolute atomic E-state index is 12.7. The summed E-state index contributed by atoms with van der Waals surface area (Å²) < 4.78 is 6.01. The molecule has 2 aromatic rings. The number of hydrogen-bond acceptors (Lipinski definition) is 4. The number of furan rings is 1. The lowest BCUT2D eigenvalue weighted by molar-refractivity contribution is -0.122. The normalized spacial score (nSPS) is 16.7. The van der Waals surface area contributed by atoms with Crippen LogP contribution in [0.5, 0.6) is 0 Å². The fourth-order valence-corrected chi connectivity index (χ4v) is 3.07. The Labute approximate surface area is 165 Å². The van der Waals surface area contributed by atoms with Gasteiger partial charge in [-0.3, -0.25) is 19.8 Å². The number of rotatable bonds is 2. The van der Waals surface area contributed by atoms with Gasteiger partial charge in [-0.2, -0.15) is 0 Å². The van der Waals surface area contributed by atoms with E-state index in [0.717, 1.165) is 0 Å². The lowest BCUT2D eigenvalue weighted by Crippen LogP contribution is -2.54. The highest BCUT2D eigenvalue weighted by atomic mass is 127. The Kier molecular flexibility index (Phi) is 4.95. The molecule has 9 heteroatoms. The molecule has 1 aliphatic heterocycles. The lowest BCUT2D eigenvalue weighted by atomic mass is 10.1. The zero-order valence-corrected chi connectivity index (χ0v) is 16.2. The molecule has 0 unspecified atom stereocenters. The fraction of sp³-hybridized carbons (Fsp3) is 0. The van der Waals surface area contributed by atoms with Gasteiger partial charge in [0.05, 0.1) is 15.7 Å². The van der Waals surface area contributed by atoms with Crippen LogP contribution in [0.2, 0.25) is 10.0 Å². The molecule has 1 fully saturated rings. The van der Waals surface area contributed by atoms with Crippen LogP contribution < -0.4 is 10.2 Å². The summed E-state index contributed by atoms with van der Waals surface area (Å²) in [5.74, 6) is -0.777. The highest BCUT2D eigenvalue weighted by Crippen LogP contribution is 2.29. The molecular weight excluding hydrogens is 486 g/mol. The zero-order chi connectivity index (χ0) is 17.4. The van der Waals surface area contributed by atoms with Gasteiger partial charge in [0.25, 0.3) is 11.8 Å². The van der Waals surface area contributed by atoms with Crippen LogP contribution >= 0.6 is 58.0 Å². The molecule has 0 aliphatic carbocycles. The average Bonchev–Trinajstić information content (AvgIpc) is 2.92. The van der Waals surface area contributed by atoms with E-state index in [2.05, 4.69) is 5.32 Å². The van der Waals surface area contributed by atoms with Gasteiger partial charge in [-0.05, 0) is 71.2 Å². The van der Waals surface area contributed by atoms with Gasteiger partial charge in [-0.1, -0.05) is 23.2 Å². The molecule has 1 saturated heterocycles. The second-order valence-electron chi connectivity index (χ2n) is 4.70. The molecule has 0 saturated carbocycles. The van der Waals surface area contributed by atoms with Gasteiger partial charge in [-0.25, -0.2) is 0 Å². The number of nitrogens with zero attached hydrogens (tertiary/aromatic N) is 1. The van der Waals surface area contributed by atoms with Gasteiger partial charge < -0.3 is 4.42 Å². The summed E-state index contributed by atoms with van der Waals surface area (Å²) in [6.45, 7) is 0. The van der Waals surface area contributed by atoms with Crippen LogP contribution in [0.25, 0.3) is 6.08 Å². The van der Waals surface area contributed by atoms with E-state index in [1.54, 1.807) is 24.3 Å². The lowest BCUT2D eigenvalue weighted by Gasteiger charge is -2.28. The Morgan fingerprint density at radius 1 is 1.17 bits per heavy atom. The topological polar surface area (TPSA) is 62.6 Å². The number of nitrogens with one attached hydrogen (secondary N) is 1. The van der Waals surface area contributed by atoms with Crippen molar-refractivity contribution in [3.63, 3.8) is 0 Å². The first-order chi connectivity index (χ1) is 11.4. The molecule has 122 valence electrons. The molecule has 0 radical (unpaired) electrons. The van der Waals surface area contributed by atoms with Gasteiger partial charge in [-0.15, -0.1) is 0 Å². The maximum atomic E-state index is 12.7. The van der Waals surface area contributed by atoms with E-state index in [9.17, 15) is 9.59 Å². The van der Waals surface area contributed by atoms with Crippen LogP contribution in [-0.4, -0.2) is 16.9 Å². The largest absolute Gasteiger partial charge is 0.451 e. The third-order valence-corrected chi connectivity index (χ3v) is 4.75. The van der Waals surface area contributed by atoms with Gasteiger partial charge in [0.1, 0.15) is 11.3 Å². The van der Waals surface area contributed by atoms with E-state index in [1.165, 1.54) is 17.0 Å². The highest BCUT2D eigenvalue weighted by Gasteiger charge is 2.34. The van der Waals surface area contributed by atoms with Gasteiger partial charge in [0.15, 0.2) is 8.88 Å². The van der Waals surface area contributed by atoms with Crippen LogP contribution in [0.3, 0.4) is 0 Å². The average molecular weight is 493 g/mol. The number of carbonyl (C=O) groups is 2. The van der Waals surface area contributed by atoms with E-state index in [-0.39, 0.29) is 15.7 Å². The van der Waals surface area contributed by atoms with Gasteiger partial charge in [0.2, 0.25) is 0 Å². The number of benzene rings is 1. The first-order valence-electron chi connectivity index (χ1n) is 6.48. The van der Waals surface area contributed by atoms with E-state index < -0.39 is 11.8 Å². The van der Waals surface area contributed by atoms with Crippen LogP contribution in [0.1, 0.15) is 5.76 Å². The first-order valence-corrected chi connectivity index (χ1v) is 8.73. The third kappa shape index (κ3) is 3.34. The Morgan fingerprint density at radius 3 is 2.54 bits per heavy atom. The molecular formula is C15H7Cl2IN2O3S. The summed E-state index contributed by atoms with van der Waals surface area (Å²) in [4.78, 5) is 26.0. The molecule has 5 nitrogen and oxygen atoms in total. The van der Waals surface area contributed by atoms with Crippen molar-refractivity contribution < 1.29 is 14.0 Å². The smallest absolute Gasteiger partial charge is 0.270 e. The molecule has 0 atom stereocenters. The van der Waals surface area contributed by atoms with Crippen molar-refractivity contribution in [3.05, 3.63) is 55.5 Å². The second kappa shape index (κ2) is 6.83. The Hall–Kier alpha value is -1.42. The highest BCUT2D eigenvalue weighted by molar-refractivity contribution is 14.1. The molecule has 2 heterocycles. The minimum atomic E-state index is -0.590. The van der Waals surface area contributed by atoms with Gasteiger partial charge >= 0.3 is 0 Å². The number of halogens is 3. The summed E-state index contributed by atoms with van der Waals surface area (Å²) >= 11 is 19.0. The quantitative estimate of drug-likeness (QED) is 0.297. The molecule has 0 bridgehead atoms. The van der Waals surface area contributed by atoms with E-state index >= 15 is 0 Å². The second-order valence-corrected chi connectivity index (χ2v) is 6.96. The van der Waals surface area contributed by atoms with E-state index in [0.29, 0.717) is 20.2 Å². The third-order valence-electron chi connectivity index (χ3n) is 3.14. The number of anilines is 1. The van der Waals surface area contributed by atoms with Crippen molar-refractivity contribution in [1.29, 1.82) is 0 Å². The number of thiocarbonyl (C=S) groups is 1. The molecule has 1 aromatic carbocycles. The Balaban J connectivity index is 2.02. The van der Waals surface area contributed by atoms with Crippen LogP contribution in [0.4, 0.5) is 5.69 Å². The molecule has 24 heavy (non-hydrogen) atoms. The Morgan fingerprint density at radius 2 is 1.92 bits per heavy atom. The van der Waals surface area contributed by atoms with Crippen LogP contribution in [0, 0.1) is 3.77 Å². The van der Waals surface area contributed by atoms with Crippen molar-refractivity contribution in [3.8, 4) is 0 Å². The van der Waals surface area contributed by atoms with Crippen LogP contribution in [-0.2, 0) is 9.59 Å². The molecule has 1 aromatic heterocycles. The van der Waals surface area contributed by atoms with Crippen LogP contribution in [0.15, 0.2) is 40.3 Å². The van der Waals surface area contributed by atoms with Crippen molar-refractivity contribution in [2.24, 2.45) is 0 Å². The van der Waals surface area contributed by atoms with Crippen molar-refractivity contribution >= 4 is 86.7 Å². The van der Waals surface area contributed by atoms with Gasteiger partial charge in [0, 0.05) is 0 Å². The van der Waals surface area contributed by atoms with Crippen molar-refractivity contribution in [2.45, 2.75) is 0 Å². The number of carbonyl (C=O) groups excluding carboxylic acids is 2. The molecule has 2 amide bonds. The van der Waals surface area contributed by atoms with Crippen molar-refractivity contribution in [1.82, 2.24) is 5.32 Å².